The standard InChI is InChI=1S/C14H23N3/c1-11-4-3-7-17-13(11)10-15-14(17)12-5-8-16(2)9-6-12/h10-12H,3-9H2,1-2H3. The summed E-state index contributed by atoms with van der Waals surface area (Å²) in [6.45, 7) is 5.98. The maximum absolute atomic E-state index is 4.74. The lowest BCUT2D eigenvalue weighted by Crippen LogP contribution is -2.30. The average Bonchev–Trinajstić information content (AvgIpc) is 2.75. The van der Waals surface area contributed by atoms with E-state index in [4.69, 9.17) is 4.98 Å². The molecule has 3 heteroatoms. The van der Waals surface area contributed by atoms with Gasteiger partial charge in [-0.3, -0.25) is 0 Å². The van der Waals surface area contributed by atoms with Crippen LogP contribution in [0.2, 0.25) is 0 Å². The van der Waals surface area contributed by atoms with Crippen LogP contribution in [0.3, 0.4) is 0 Å². The molecule has 1 fully saturated rings. The molecule has 0 spiro atoms. The Morgan fingerprint density at radius 1 is 1.18 bits per heavy atom. The Kier molecular flexibility index (Phi) is 2.95. The highest BCUT2D eigenvalue weighted by Gasteiger charge is 2.26. The van der Waals surface area contributed by atoms with Crippen LogP contribution in [0.1, 0.15) is 56.0 Å². The molecular formula is C14H23N3. The van der Waals surface area contributed by atoms with Crippen molar-refractivity contribution in [1.82, 2.24) is 14.5 Å². The molecular weight excluding hydrogens is 210 g/mol. The van der Waals surface area contributed by atoms with Crippen LogP contribution in [0, 0.1) is 0 Å². The molecule has 3 heterocycles. The maximum atomic E-state index is 4.74. The van der Waals surface area contributed by atoms with Gasteiger partial charge in [0.25, 0.3) is 0 Å². The number of aromatic nitrogens is 2. The van der Waals surface area contributed by atoms with Gasteiger partial charge in [-0.2, -0.15) is 0 Å². The molecule has 2 aliphatic heterocycles. The summed E-state index contributed by atoms with van der Waals surface area (Å²) in [5.74, 6) is 2.78. The van der Waals surface area contributed by atoms with E-state index in [9.17, 15) is 0 Å². The van der Waals surface area contributed by atoms with Crippen molar-refractivity contribution in [1.29, 1.82) is 0 Å². The summed E-state index contributed by atoms with van der Waals surface area (Å²) in [4.78, 5) is 7.17. The first-order valence-electron chi connectivity index (χ1n) is 6.99. The largest absolute Gasteiger partial charge is 0.332 e. The summed E-state index contributed by atoms with van der Waals surface area (Å²) in [7, 11) is 2.22. The Labute approximate surface area is 104 Å². The fraction of sp³-hybridized carbons (Fsp3) is 0.786. The normalized spacial score (nSPS) is 27.1. The third-order valence-electron chi connectivity index (χ3n) is 4.52. The molecule has 3 rings (SSSR count). The predicted octanol–water partition coefficient (Wildman–Crippen LogP) is 2.59. The quantitative estimate of drug-likeness (QED) is 0.743. The summed E-state index contributed by atoms with van der Waals surface area (Å²) in [5, 5.41) is 0. The first-order valence-corrected chi connectivity index (χ1v) is 6.99. The van der Waals surface area contributed by atoms with Gasteiger partial charge in [0.15, 0.2) is 0 Å². The summed E-state index contributed by atoms with van der Waals surface area (Å²) < 4.78 is 2.52. The molecule has 1 aromatic rings. The summed E-state index contributed by atoms with van der Waals surface area (Å²) in [6.07, 6.45) is 7.35. The molecule has 17 heavy (non-hydrogen) atoms. The zero-order valence-electron chi connectivity index (χ0n) is 11.0. The molecule has 0 amide bonds. The summed E-state index contributed by atoms with van der Waals surface area (Å²) in [6, 6.07) is 0. The number of rotatable bonds is 1. The third kappa shape index (κ3) is 2.01. The fourth-order valence-corrected chi connectivity index (χ4v) is 3.34. The van der Waals surface area contributed by atoms with E-state index < -0.39 is 0 Å². The zero-order chi connectivity index (χ0) is 11.8. The van der Waals surface area contributed by atoms with Crippen molar-refractivity contribution in [2.45, 2.75) is 51.0 Å². The van der Waals surface area contributed by atoms with Gasteiger partial charge in [-0.1, -0.05) is 6.92 Å². The topological polar surface area (TPSA) is 21.1 Å². The molecule has 0 saturated carbocycles. The van der Waals surface area contributed by atoms with Gasteiger partial charge in [0, 0.05) is 24.4 Å². The molecule has 2 aliphatic rings. The molecule has 3 nitrogen and oxygen atoms in total. The number of nitrogens with zero attached hydrogens (tertiary/aromatic N) is 3. The molecule has 1 aromatic heterocycles. The summed E-state index contributed by atoms with van der Waals surface area (Å²) in [5.41, 5.74) is 1.48. The first-order chi connectivity index (χ1) is 8.25. The lowest BCUT2D eigenvalue weighted by molar-refractivity contribution is 0.247. The van der Waals surface area contributed by atoms with Crippen LogP contribution in [0.15, 0.2) is 6.20 Å². The van der Waals surface area contributed by atoms with Crippen LogP contribution >= 0.6 is 0 Å². The van der Waals surface area contributed by atoms with E-state index in [0.29, 0.717) is 11.8 Å². The second-order valence-corrected chi connectivity index (χ2v) is 5.81. The Morgan fingerprint density at radius 3 is 2.71 bits per heavy atom. The minimum atomic E-state index is 0.699. The summed E-state index contributed by atoms with van der Waals surface area (Å²) >= 11 is 0. The third-order valence-corrected chi connectivity index (χ3v) is 4.52. The van der Waals surface area contributed by atoms with E-state index in [2.05, 4.69) is 29.6 Å². The van der Waals surface area contributed by atoms with E-state index in [1.165, 1.54) is 56.8 Å². The molecule has 1 atom stereocenters. The second-order valence-electron chi connectivity index (χ2n) is 5.81. The smallest absolute Gasteiger partial charge is 0.112 e. The van der Waals surface area contributed by atoms with Gasteiger partial charge in [-0.05, 0) is 51.7 Å². The highest BCUT2D eigenvalue weighted by Crippen LogP contribution is 2.33. The monoisotopic (exact) mass is 233 g/mol. The lowest BCUT2D eigenvalue weighted by atomic mass is 9.94. The molecule has 0 radical (unpaired) electrons. The Bertz CT molecular complexity index is 388. The van der Waals surface area contributed by atoms with Gasteiger partial charge in [0.1, 0.15) is 5.82 Å². The first kappa shape index (κ1) is 11.3. The van der Waals surface area contributed by atoms with Crippen LogP contribution in [0.25, 0.3) is 0 Å². The van der Waals surface area contributed by atoms with E-state index >= 15 is 0 Å². The number of hydrogen-bond acceptors (Lipinski definition) is 2. The molecule has 1 unspecified atom stereocenters. The van der Waals surface area contributed by atoms with E-state index in [1.807, 2.05) is 0 Å². The van der Waals surface area contributed by atoms with Gasteiger partial charge >= 0.3 is 0 Å². The minimum Gasteiger partial charge on any atom is -0.332 e. The number of piperidine rings is 1. The van der Waals surface area contributed by atoms with Crippen LogP contribution in [0.5, 0.6) is 0 Å². The maximum Gasteiger partial charge on any atom is 0.112 e. The second kappa shape index (κ2) is 4.45. The number of likely N-dealkylation sites (tertiary alicyclic amines) is 1. The van der Waals surface area contributed by atoms with Crippen molar-refractivity contribution in [3.63, 3.8) is 0 Å². The number of hydrogen-bond donors (Lipinski definition) is 0. The van der Waals surface area contributed by atoms with Gasteiger partial charge in [-0.15, -0.1) is 0 Å². The molecule has 0 aliphatic carbocycles. The Balaban J connectivity index is 1.84. The van der Waals surface area contributed by atoms with Crippen LogP contribution in [0.4, 0.5) is 0 Å². The molecule has 94 valence electrons. The highest BCUT2D eigenvalue weighted by molar-refractivity contribution is 5.15. The highest BCUT2D eigenvalue weighted by atomic mass is 15.1. The van der Waals surface area contributed by atoms with Crippen molar-refractivity contribution in [3.8, 4) is 0 Å². The van der Waals surface area contributed by atoms with Crippen molar-refractivity contribution in [2.75, 3.05) is 20.1 Å². The molecule has 0 bridgehead atoms. The fourth-order valence-electron chi connectivity index (χ4n) is 3.34. The molecule has 0 aromatic carbocycles. The number of imidazole rings is 1. The lowest BCUT2D eigenvalue weighted by Gasteiger charge is -2.30. The van der Waals surface area contributed by atoms with Crippen molar-refractivity contribution in [2.24, 2.45) is 0 Å². The Hall–Kier alpha value is -0.830. The molecule has 0 N–H and O–H groups in total. The van der Waals surface area contributed by atoms with Gasteiger partial charge < -0.3 is 9.47 Å². The Morgan fingerprint density at radius 2 is 1.94 bits per heavy atom. The van der Waals surface area contributed by atoms with Gasteiger partial charge in [0.2, 0.25) is 0 Å². The predicted molar refractivity (Wildman–Crippen MR) is 69.3 cm³/mol. The van der Waals surface area contributed by atoms with Crippen molar-refractivity contribution in [3.05, 3.63) is 17.7 Å². The van der Waals surface area contributed by atoms with Crippen LogP contribution in [-0.4, -0.2) is 34.6 Å². The minimum absolute atomic E-state index is 0.699. The van der Waals surface area contributed by atoms with Gasteiger partial charge in [-0.25, -0.2) is 4.98 Å². The van der Waals surface area contributed by atoms with E-state index in [-0.39, 0.29) is 0 Å². The van der Waals surface area contributed by atoms with E-state index in [1.54, 1.807) is 0 Å². The van der Waals surface area contributed by atoms with Crippen LogP contribution in [-0.2, 0) is 6.54 Å². The number of fused-ring (bicyclic) bond motifs is 1. The van der Waals surface area contributed by atoms with E-state index in [0.717, 1.165) is 0 Å². The van der Waals surface area contributed by atoms with Crippen LogP contribution < -0.4 is 0 Å². The SMILES string of the molecule is CC1CCCn2c1cnc2C1CCN(C)CC1. The van der Waals surface area contributed by atoms with Gasteiger partial charge in [0.05, 0.1) is 0 Å². The zero-order valence-corrected chi connectivity index (χ0v) is 11.0. The van der Waals surface area contributed by atoms with Crippen molar-refractivity contribution < 1.29 is 0 Å². The average molecular weight is 233 g/mol. The van der Waals surface area contributed by atoms with Crippen molar-refractivity contribution >= 4 is 0 Å². The molecule has 1 saturated heterocycles.